The summed E-state index contributed by atoms with van der Waals surface area (Å²) in [6.07, 6.45) is 5.00. The molecule has 0 N–H and O–H groups in total. The van der Waals surface area contributed by atoms with Gasteiger partial charge in [-0.15, -0.1) is 0 Å². The van der Waals surface area contributed by atoms with Gasteiger partial charge in [-0.3, -0.25) is 9.78 Å². The Kier molecular flexibility index (Phi) is 4.98. The number of amides is 1. The second-order valence-corrected chi connectivity index (χ2v) is 8.03. The number of carbonyl (C=O) groups excluding carboxylic acids is 1. The lowest BCUT2D eigenvalue weighted by Gasteiger charge is -2.32. The number of aryl methyl sites for hydroxylation is 1. The Bertz CT molecular complexity index is 588. The smallest absolute Gasteiger partial charge is 0.223 e. The fraction of sp³-hybridized carbons (Fsp3) is 0.600. The number of nitrogens with zero attached hydrogens (tertiary/aromatic N) is 2. The van der Waals surface area contributed by atoms with E-state index in [0.717, 1.165) is 24.8 Å². The lowest BCUT2D eigenvalue weighted by atomic mass is 9.90. The maximum atomic E-state index is 12.0. The van der Waals surface area contributed by atoms with E-state index < -0.39 is 9.84 Å². The summed E-state index contributed by atoms with van der Waals surface area (Å²) in [7, 11) is -3.07. The molecule has 0 unspecified atom stereocenters. The quantitative estimate of drug-likeness (QED) is 0.846. The molecule has 1 fully saturated rings. The first kappa shape index (κ1) is 15.9. The van der Waals surface area contributed by atoms with Crippen molar-refractivity contribution in [2.45, 2.75) is 32.1 Å². The zero-order chi connectivity index (χ0) is 15.5. The largest absolute Gasteiger partial charge is 0.343 e. The van der Waals surface area contributed by atoms with Crippen LogP contribution in [0.4, 0.5) is 0 Å². The molecule has 1 aromatic heterocycles. The number of rotatable bonds is 4. The van der Waals surface area contributed by atoms with Crippen molar-refractivity contribution in [2.75, 3.05) is 25.1 Å². The van der Waals surface area contributed by atoms with Crippen molar-refractivity contribution in [3.05, 3.63) is 29.6 Å². The minimum Gasteiger partial charge on any atom is -0.343 e. The van der Waals surface area contributed by atoms with Crippen molar-refractivity contribution in [3.63, 3.8) is 0 Å². The van der Waals surface area contributed by atoms with E-state index in [0.29, 0.717) is 19.0 Å². The maximum Gasteiger partial charge on any atom is 0.223 e. The predicted molar refractivity (Wildman–Crippen MR) is 81.9 cm³/mol. The predicted octanol–water partition coefficient (Wildman–Crippen LogP) is 1.53. The van der Waals surface area contributed by atoms with Crippen LogP contribution in [0.2, 0.25) is 0 Å². The Morgan fingerprint density at radius 1 is 1.33 bits per heavy atom. The molecule has 1 aliphatic heterocycles. The van der Waals surface area contributed by atoms with Gasteiger partial charge in [0.15, 0.2) is 0 Å². The van der Waals surface area contributed by atoms with Crippen LogP contribution in [-0.4, -0.2) is 49.3 Å². The number of hydrogen-bond acceptors (Lipinski definition) is 4. The second kappa shape index (κ2) is 6.56. The minimum atomic E-state index is -3.07. The van der Waals surface area contributed by atoms with Crippen LogP contribution in [-0.2, 0) is 14.6 Å². The topological polar surface area (TPSA) is 67.3 Å². The molecule has 0 bridgehead atoms. The standard InChI is InChI=1S/C15H22N2O3S/c1-12-3-4-14(11-16-12)13-5-8-17(9-6-13)15(18)7-10-21(2,19)20/h3-4,11,13H,5-10H2,1-2H3. The van der Waals surface area contributed by atoms with Crippen molar-refractivity contribution >= 4 is 15.7 Å². The van der Waals surface area contributed by atoms with Crippen molar-refractivity contribution in [1.29, 1.82) is 0 Å². The zero-order valence-electron chi connectivity index (χ0n) is 12.6. The molecule has 1 amide bonds. The summed E-state index contributed by atoms with van der Waals surface area (Å²) in [5.74, 6) is 0.325. The Labute approximate surface area is 126 Å². The number of sulfone groups is 1. The van der Waals surface area contributed by atoms with Crippen molar-refractivity contribution in [3.8, 4) is 0 Å². The van der Waals surface area contributed by atoms with Gasteiger partial charge in [0.05, 0.1) is 5.75 Å². The van der Waals surface area contributed by atoms with Crippen LogP contribution in [0, 0.1) is 6.92 Å². The summed E-state index contributed by atoms with van der Waals surface area (Å²) in [4.78, 5) is 18.1. The van der Waals surface area contributed by atoms with E-state index in [1.54, 1.807) is 4.90 Å². The molecular weight excluding hydrogens is 288 g/mol. The van der Waals surface area contributed by atoms with Gasteiger partial charge in [-0.05, 0) is 37.3 Å². The van der Waals surface area contributed by atoms with E-state index in [1.165, 1.54) is 5.56 Å². The molecule has 2 rings (SSSR count). The summed E-state index contributed by atoms with van der Waals surface area (Å²) in [6.45, 7) is 3.36. The summed E-state index contributed by atoms with van der Waals surface area (Å²) >= 11 is 0. The highest BCUT2D eigenvalue weighted by atomic mass is 32.2. The van der Waals surface area contributed by atoms with Gasteiger partial charge in [-0.2, -0.15) is 0 Å². The van der Waals surface area contributed by atoms with Gasteiger partial charge in [0.1, 0.15) is 9.84 Å². The summed E-state index contributed by atoms with van der Waals surface area (Å²) in [5.41, 5.74) is 2.23. The minimum absolute atomic E-state index is 0.0547. The molecule has 0 saturated carbocycles. The van der Waals surface area contributed by atoms with E-state index in [9.17, 15) is 13.2 Å². The van der Waals surface area contributed by atoms with E-state index >= 15 is 0 Å². The van der Waals surface area contributed by atoms with Gasteiger partial charge in [0, 0.05) is 37.7 Å². The van der Waals surface area contributed by atoms with Crippen LogP contribution >= 0.6 is 0 Å². The Morgan fingerprint density at radius 2 is 2.00 bits per heavy atom. The van der Waals surface area contributed by atoms with Gasteiger partial charge < -0.3 is 4.90 Å². The van der Waals surface area contributed by atoms with Gasteiger partial charge in [-0.25, -0.2) is 8.42 Å². The fourth-order valence-electron chi connectivity index (χ4n) is 2.61. The Morgan fingerprint density at radius 3 is 2.52 bits per heavy atom. The number of likely N-dealkylation sites (tertiary alicyclic amines) is 1. The maximum absolute atomic E-state index is 12.0. The summed E-state index contributed by atoms with van der Waals surface area (Å²) in [6, 6.07) is 4.12. The third kappa shape index (κ3) is 4.81. The molecule has 21 heavy (non-hydrogen) atoms. The van der Waals surface area contributed by atoms with E-state index in [-0.39, 0.29) is 18.1 Å². The highest BCUT2D eigenvalue weighted by Crippen LogP contribution is 2.27. The number of carbonyl (C=O) groups is 1. The van der Waals surface area contributed by atoms with Gasteiger partial charge in [0.25, 0.3) is 0 Å². The number of pyridine rings is 1. The lowest BCUT2D eigenvalue weighted by Crippen LogP contribution is -2.38. The number of hydrogen-bond donors (Lipinski definition) is 0. The highest BCUT2D eigenvalue weighted by Gasteiger charge is 2.24. The van der Waals surface area contributed by atoms with Crippen LogP contribution in [0.3, 0.4) is 0 Å². The first-order valence-corrected chi connectivity index (χ1v) is 9.29. The van der Waals surface area contributed by atoms with Gasteiger partial charge in [0.2, 0.25) is 5.91 Å². The number of piperidine rings is 1. The molecule has 0 aromatic carbocycles. The third-order valence-corrected chi connectivity index (χ3v) is 4.89. The summed E-state index contributed by atoms with van der Waals surface area (Å²) < 4.78 is 22.2. The SMILES string of the molecule is Cc1ccc(C2CCN(C(=O)CCS(C)(=O)=O)CC2)cn1. The fourth-order valence-corrected chi connectivity index (χ4v) is 3.16. The molecule has 116 valence electrons. The third-order valence-electron chi connectivity index (χ3n) is 3.94. The van der Waals surface area contributed by atoms with Crippen molar-refractivity contribution < 1.29 is 13.2 Å². The van der Waals surface area contributed by atoms with Crippen molar-refractivity contribution in [2.24, 2.45) is 0 Å². The Balaban J connectivity index is 1.85. The van der Waals surface area contributed by atoms with Gasteiger partial charge in [-0.1, -0.05) is 6.07 Å². The second-order valence-electron chi connectivity index (χ2n) is 5.77. The molecule has 6 heteroatoms. The first-order chi connectivity index (χ1) is 9.85. The molecule has 0 radical (unpaired) electrons. The zero-order valence-corrected chi connectivity index (χ0v) is 13.4. The first-order valence-electron chi connectivity index (χ1n) is 7.23. The molecule has 2 heterocycles. The normalized spacial score (nSPS) is 17.0. The van der Waals surface area contributed by atoms with Crippen LogP contribution in [0.25, 0.3) is 0 Å². The van der Waals surface area contributed by atoms with Crippen LogP contribution in [0.15, 0.2) is 18.3 Å². The van der Waals surface area contributed by atoms with Crippen molar-refractivity contribution in [1.82, 2.24) is 9.88 Å². The lowest BCUT2D eigenvalue weighted by molar-refractivity contribution is -0.131. The van der Waals surface area contributed by atoms with Gasteiger partial charge >= 0.3 is 0 Å². The number of aromatic nitrogens is 1. The summed E-state index contributed by atoms with van der Waals surface area (Å²) in [5, 5.41) is 0. The molecule has 5 nitrogen and oxygen atoms in total. The molecular formula is C15H22N2O3S. The van der Waals surface area contributed by atoms with Crippen LogP contribution in [0.5, 0.6) is 0 Å². The molecule has 1 aromatic rings. The highest BCUT2D eigenvalue weighted by molar-refractivity contribution is 7.90. The average Bonchev–Trinajstić information content (AvgIpc) is 2.45. The van der Waals surface area contributed by atoms with Crippen LogP contribution < -0.4 is 0 Å². The van der Waals surface area contributed by atoms with E-state index in [4.69, 9.17) is 0 Å². The average molecular weight is 310 g/mol. The molecule has 0 atom stereocenters. The van der Waals surface area contributed by atoms with Crippen LogP contribution in [0.1, 0.15) is 36.4 Å². The molecule has 1 saturated heterocycles. The monoisotopic (exact) mass is 310 g/mol. The molecule has 0 aliphatic carbocycles. The van der Waals surface area contributed by atoms with E-state index in [2.05, 4.69) is 11.1 Å². The van der Waals surface area contributed by atoms with E-state index in [1.807, 2.05) is 19.2 Å². The molecule has 0 spiro atoms. The Hall–Kier alpha value is -1.43. The molecule has 1 aliphatic rings.